The molecule has 1 aromatic carbocycles. The highest BCUT2D eigenvalue weighted by molar-refractivity contribution is 5.92. The number of carbonyl (C=O) groups is 1. The van der Waals surface area contributed by atoms with Gasteiger partial charge < -0.3 is 9.88 Å². The number of hydrogen-bond acceptors (Lipinski definition) is 3. The number of hydrogen-bond donors (Lipinski definition) is 1. The maximum atomic E-state index is 13.0. The second-order valence-corrected chi connectivity index (χ2v) is 6.26. The Morgan fingerprint density at radius 3 is 2.79 bits per heavy atom. The topological polar surface area (TPSA) is 50.2 Å². The van der Waals surface area contributed by atoms with Crippen molar-refractivity contribution in [3.05, 3.63) is 53.4 Å². The van der Waals surface area contributed by atoms with E-state index in [1.807, 2.05) is 13.1 Å². The zero-order chi connectivity index (χ0) is 17.1. The lowest BCUT2D eigenvalue weighted by molar-refractivity contribution is 0.0935. The monoisotopic (exact) mass is 330 g/mol. The molecule has 0 unspecified atom stereocenters. The van der Waals surface area contributed by atoms with Gasteiger partial charge in [-0.2, -0.15) is 0 Å². The van der Waals surface area contributed by atoms with Crippen LogP contribution in [0.25, 0.3) is 0 Å². The highest BCUT2D eigenvalue weighted by Crippen LogP contribution is 2.16. The van der Waals surface area contributed by atoms with Crippen LogP contribution < -0.4 is 5.32 Å². The zero-order valence-corrected chi connectivity index (χ0v) is 14.1. The van der Waals surface area contributed by atoms with Crippen LogP contribution in [-0.4, -0.2) is 33.4 Å². The highest BCUT2D eigenvalue weighted by atomic mass is 19.1. The molecule has 1 N–H and O–H groups in total. The lowest BCUT2D eigenvalue weighted by atomic mass is 10.1. The normalized spacial score (nSPS) is 15.8. The van der Waals surface area contributed by atoms with Crippen molar-refractivity contribution in [1.29, 1.82) is 0 Å². The molecule has 1 aliphatic heterocycles. The van der Waals surface area contributed by atoms with Crippen LogP contribution >= 0.6 is 0 Å². The third-order valence-electron chi connectivity index (χ3n) is 4.37. The van der Waals surface area contributed by atoms with Crippen molar-refractivity contribution in [2.24, 2.45) is 0 Å². The van der Waals surface area contributed by atoms with Gasteiger partial charge in [-0.3, -0.25) is 9.69 Å². The Kier molecular flexibility index (Phi) is 4.94. The molecule has 0 aliphatic carbocycles. The van der Waals surface area contributed by atoms with Crippen LogP contribution in [0, 0.1) is 5.82 Å². The molecule has 2 heterocycles. The fourth-order valence-electron chi connectivity index (χ4n) is 3.02. The molecule has 1 aliphatic rings. The number of rotatable bonds is 5. The van der Waals surface area contributed by atoms with Crippen LogP contribution in [0.2, 0.25) is 0 Å². The minimum absolute atomic E-state index is 0.198. The van der Waals surface area contributed by atoms with Crippen molar-refractivity contribution >= 4 is 5.91 Å². The Morgan fingerprint density at radius 1 is 1.33 bits per heavy atom. The van der Waals surface area contributed by atoms with Gasteiger partial charge in [0.2, 0.25) is 0 Å². The second-order valence-electron chi connectivity index (χ2n) is 6.26. The molecule has 0 bridgehead atoms. The summed E-state index contributed by atoms with van der Waals surface area (Å²) in [6.07, 6.45) is 2.94. The van der Waals surface area contributed by atoms with Crippen molar-refractivity contribution in [2.45, 2.75) is 39.4 Å². The number of nitrogens with one attached hydrogen (secondary N) is 1. The molecular formula is C18H23FN4O. The van der Waals surface area contributed by atoms with E-state index in [0.717, 1.165) is 44.0 Å². The standard InChI is InChI=1S/C18H23FN4O/c1-3-8-22-9-10-23-11-16(21-17(23)12-22)18(24)20-13(2)14-4-6-15(19)7-5-14/h4-7,11,13H,3,8-10,12H2,1-2H3,(H,20,24)/t13-/m0/s1. The number of aromatic nitrogens is 2. The number of benzene rings is 1. The van der Waals surface area contributed by atoms with Gasteiger partial charge in [-0.15, -0.1) is 0 Å². The molecule has 6 heteroatoms. The van der Waals surface area contributed by atoms with Gasteiger partial charge in [-0.05, 0) is 37.6 Å². The van der Waals surface area contributed by atoms with Crippen LogP contribution in [-0.2, 0) is 13.1 Å². The molecule has 0 saturated heterocycles. The van der Waals surface area contributed by atoms with E-state index in [4.69, 9.17) is 0 Å². The number of nitrogens with zero attached hydrogens (tertiary/aromatic N) is 3. The Labute approximate surface area is 141 Å². The van der Waals surface area contributed by atoms with Crippen LogP contribution in [0.15, 0.2) is 30.5 Å². The van der Waals surface area contributed by atoms with Gasteiger partial charge in [0, 0.05) is 19.3 Å². The summed E-state index contributed by atoms with van der Waals surface area (Å²) in [5, 5.41) is 2.93. The molecule has 1 aromatic heterocycles. The van der Waals surface area contributed by atoms with E-state index >= 15 is 0 Å². The molecular weight excluding hydrogens is 307 g/mol. The lowest BCUT2D eigenvalue weighted by Crippen LogP contribution is -2.34. The van der Waals surface area contributed by atoms with E-state index in [9.17, 15) is 9.18 Å². The van der Waals surface area contributed by atoms with Crippen LogP contribution in [0.1, 0.15) is 48.2 Å². The van der Waals surface area contributed by atoms with Gasteiger partial charge in [-0.25, -0.2) is 9.37 Å². The van der Waals surface area contributed by atoms with E-state index in [1.54, 1.807) is 12.1 Å². The van der Waals surface area contributed by atoms with Gasteiger partial charge >= 0.3 is 0 Å². The molecule has 1 amide bonds. The smallest absolute Gasteiger partial charge is 0.271 e. The maximum Gasteiger partial charge on any atom is 0.271 e. The summed E-state index contributed by atoms with van der Waals surface area (Å²) in [5.41, 5.74) is 1.31. The number of amides is 1. The van der Waals surface area contributed by atoms with Crippen LogP contribution in [0.3, 0.4) is 0 Å². The minimum Gasteiger partial charge on any atom is -0.344 e. The second kappa shape index (κ2) is 7.13. The van der Waals surface area contributed by atoms with Gasteiger partial charge in [0.15, 0.2) is 0 Å². The molecule has 0 fully saturated rings. The Morgan fingerprint density at radius 2 is 2.08 bits per heavy atom. The first kappa shape index (κ1) is 16.6. The molecule has 0 radical (unpaired) electrons. The van der Waals surface area contributed by atoms with E-state index < -0.39 is 0 Å². The summed E-state index contributed by atoms with van der Waals surface area (Å²) in [7, 11) is 0. The van der Waals surface area contributed by atoms with Gasteiger partial charge in [0.1, 0.15) is 17.3 Å². The molecule has 0 spiro atoms. The summed E-state index contributed by atoms with van der Waals surface area (Å²) in [4.78, 5) is 19.3. The molecule has 0 saturated carbocycles. The van der Waals surface area contributed by atoms with Crippen molar-refractivity contribution in [3.8, 4) is 0 Å². The van der Waals surface area contributed by atoms with Gasteiger partial charge in [-0.1, -0.05) is 19.1 Å². The van der Waals surface area contributed by atoms with Crippen molar-refractivity contribution in [1.82, 2.24) is 19.8 Å². The van der Waals surface area contributed by atoms with Gasteiger partial charge in [0.25, 0.3) is 5.91 Å². The molecule has 128 valence electrons. The number of fused-ring (bicyclic) bond motifs is 1. The van der Waals surface area contributed by atoms with Crippen molar-refractivity contribution in [3.63, 3.8) is 0 Å². The molecule has 5 nitrogen and oxygen atoms in total. The summed E-state index contributed by atoms with van der Waals surface area (Å²) >= 11 is 0. The Balaban J connectivity index is 1.66. The fourth-order valence-corrected chi connectivity index (χ4v) is 3.02. The minimum atomic E-state index is -0.282. The van der Waals surface area contributed by atoms with Crippen molar-refractivity contribution in [2.75, 3.05) is 13.1 Å². The molecule has 24 heavy (non-hydrogen) atoms. The summed E-state index contributed by atoms with van der Waals surface area (Å²) in [5.74, 6) is 0.459. The zero-order valence-electron chi connectivity index (χ0n) is 14.1. The first-order chi connectivity index (χ1) is 11.6. The van der Waals surface area contributed by atoms with E-state index in [-0.39, 0.29) is 17.8 Å². The average Bonchev–Trinajstić information content (AvgIpc) is 2.99. The number of imidazole rings is 1. The summed E-state index contributed by atoms with van der Waals surface area (Å²) in [6, 6.07) is 5.96. The number of halogens is 1. The quantitative estimate of drug-likeness (QED) is 0.917. The first-order valence-corrected chi connectivity index (χ1v) is 8.41. The third-order valence-corrected chi connectivity index (χ3v) is 4.37. The summed E-state index contributed by atoms with van der Waals surface area (Å²) in [6.45, 7) is 7.74. The van der Waals surface area contributed by atoms with Crippen molar-refractivity contribution < 1.29 is 9.18 Å². The summed E-state index contributed by atoms with van der Waals surface area (Å²) < 4.78 is 15.1. The largest absolute Gasteiger partial charge is 0.344 e. The fraction of sp³-hybridized carbons (Fsp3) is 0.444. The molecule has 3 rings (SSSR count). The molecule has 2 aromatic rings. The van der Waals surface area contributed by atoms with Gasteiger partial charge in [0.05, 0.1) is 12.6 Å². The average molecular weight is 330 g/mol. The first-order valence-electron chi connectivity index (χ1n) is 8.41. The molecule has 1 atom stereocenters. The van der Waals surface area contributed by atoms with E-state index in [1.165, 1.54) is 12.1 Å². The Bertz CT molecular complexity index is 710. The van der Waals surface area contributed by atoms with Crippen LogP contribution in [0.5, 0.6) is 0 Å². The predicted molar refractivity (Wildman–Crippen MR) is 90.1 cm³/mol. The Hall–Kier alpha value is -2.21. The lowest BCUT2D eigenvalue weighted by Gasteiger charge is -2.26. The van der Waals surface area contributed by atoms with E-state index in [0.29, 0.717) is 5.69 Å². The maximum absolute atomic E-state index is 13.0. The number of carbonyl (C=O) groups excluding carboxylic acids is 1. The predicted octanol–water partition coefficient (Wildman–Crippen LogP) is 2.74. The van der Waals surface area contributed by atoms with E-state index in [2.05, 4.69) is 26.7 Å². The highest BCUT2D eigenvalue weighted by Gasteiger charge is 2.21. The van der Waals surface area contributed by atoms with Crippen LogP contribution in [0.4, 0.5) is 4.39 Å². The SMILES string of the molecule is CCCN1CCn2cc(C(=O)N[C@@H](C)c3ccc(F)cc3)nc2C1. The third kappa shape index (κ3) is 3.64.